The van der Waals surface area contributed by atoms with Crippen LogP contribution in [0.5, 0.6) is 0 Å². The number of rotatable bonds is 4. The fraction of sp³-hybridized carbons (Fsp3) is 0.667. The lowest BCUT2D eigenvalue weighted by Crippen LogP contribution is -2.38. The molecule has 5 nitrogen and oxygen atoms in total. The van der Waals surface area contributed by atoms with Gasteiger partial charge in [0.1, 0.15) is 12.4 Å². The maximum absolute atomic E-state index is 12.7. The second-order valence-electron chi connectivity index (χ2n) is 6.91. The van der Waals surface area contributed by atoms with Gasteiger partial charge in [0.25, 0.3) is 0 Å². The fourth-order valence-corrected chi connectivity index (χ4v) is 3.66. The summed E-state index contributed by atoms with van der Waals surface area (Å²) in [5.41, 5.74) is -0.875. The van der Waals surface area contributed by atoms with Crippen molar-refractivity contribution in [3.63, 3.8) is 0 Å². The molecule has 27 heavy (non-hydrogen) atoms. The largest absolute Gasteiger partial charge is 0.463 e. The van der Waals surface area contributed by atoms with Gasteiger partial charge in [-0.05, 0) is 38.2 Å². The van der Waals surface area contributed by atoms with Crippen molar-refractivity contribution in [2.45, 2.75) is 44.4 Å². The van der Waals surface area contributed by atoms with Gasteiger partial charge in [-0.2, -0.15) is 13.2 Å². The van der Waals surface area contributed by atoms with E-state index in [4.69, 9.17) is 21.1 Å². The number of alkyl halides is 3. The Balaban J connectivity index is 1.50. The van der Waals surface area contributed by atoms with Gasteiger partial charge >= 0.3 is 12.1 Å². The van der Waals surface area contributed by atoms with Crippen LogP contribution in [0.15, 0.2) is 12.3 Å². The summed E-state index contributed by atoms with van der Waals surface area (Å²) >= 11 is 5.99. The zero-order valence-corrected chi connectivity index (χ0v) is 15.6. The topological polar surface area (TPSA) is 51.7 Å². The predicted octanol–water partition coefficient (Wildman–Crippen LogP) is 4.08. The van der Waals surface area contributed by atoms with E-state index in [0.717, 1.165) is 31.5 Å². The number of ether oxygens (including phenoxy) is 2. The van der Waals surface area contributed by atoms with E-state index in [1.165, 1.54) is 0 Å². The highest BCUT2D eigenvalue weighted by Crippen LogP contribution is 2.34. The molecule has 0 aromatic carbocycles. The molecule has 1 atom stereocenters. The summed E-state index contributed by atoms with van der Waals surface area (Å²) in [4.78, 5) is 17.9. The summed E-state index contributed by atoms with van der Waals surface area (Å²) in [6.07, 6.45) is 0.416. The fourth-order valence-electron chi connectivity index (χ4n) is 3.38. The first kappa shape index (κ1) is 20.2. The Hall–Kier alpha value is -1.54. The first-order chi connectivity index (χ1) is 12.8. The number of hydrogen-bond donors (Lipinski definition) is 0. The van der Waals surface area contributed by atoms with Gasteiger partial charge in [0, 0.05) is 25.9 Å². The maximum Gasteiger partial charge on any atom is 0.417 e. The Bertz CT molecular complexity index is 658. The molecule has 2 fully saturated rings. The average Bonchev–Trinajstić information content (AvgIpc) is 2.66. The third-order valence-corrected chi connectivity index (χ3v) is 5.24. The van der Waals surface area contributed by atoms with Crippen molar-refractivity contribution in [3.05, 3.63) is 22.8 Å². The lowest BCUT2D eigenvalue weighted by molar-refractivity contribution is -0.154. The lowest BCUT2D eigenvalue weighted by Gasteiger charge is -2.32. The average molecular weight is 407 g/mol. The number of piperidine rings is 1. The van der Waals surface area contributed by atoms with Crippen LogP contribution in [0.4, 0.5) is 19.0 Å². The highest BCUT2D eigenvalue weighted by molar-refractivity contribution is 6.33. The highest BCUT2D eigenvalue weighted by atomic mass is 35.5. The van der Waals surface area contributed by atoms with Crippen LogP contribution in [-0.4, -0.2) is 43.4 Å². The Morgan fingerprint density at radius 1 is 1.30 bits per heavy atom. The smallest absolute Gasteiger partial charge is 0.417 e. The molecule has 2 aliphatic heterocycles. The van der Waals surface area contributed by atoms with E-state index in [9.17, 15) is 18.0 Å². The molecular formula is C18H22ClF3N2O3. The number of pyridine rings is 1. The van der Waals surface area contributed by atoms with Crippen molar-refractivity contribution in [1.82, 2.24) is 4.98 Å². The van der Waals surface area contributed by atoms with E-state index in [-0.39, 0.29) is 29.6 Å². The van der Waals surface area contributed by atoms with Crippen LogP contribution in [0.25, 0.3) is 0 Å². The molecule has 3 rings (SSSR count). The van der Waals surface area contributed by atoms with E-state index in [1.54, 1.807) is 4.90 Å². The van der Waals surface area contributed by atoms with Crippen LogP contribution in [-0.2, 0) is 20.4 Å². The first-order valence-corrected chi connectivity index (χ1v) is 9.48. The molecule has 0 bridgehead atoms. The number of anilines is 1. The van der Waals surface area contributed by atoms with Crippen molar-refractivity contribution >= 4 is 23.4 Å². The van der Waals surface area contributed by atoms with Crippen molar-refractivity contribution in [2.24, 2.45) is 5.92 Å². The minimum Gasteiger partial charge on any atom is -0.463 e. The zero-order chi connectivity index (χ0) is 19.4. The van der Waals surface area contributed by atoms with Gasteiger partial charge in [0.2, 0.25) is 0 Å². The van der Waals surface area contributed by atoms with Crippen LogP contribution >= 0.6 is 11.6 Å². The summed E-state index contributed by atoms with van der Waals surface area (Å²) in [5.74, 6) is -0.152. The lowest BCUT2D eigenvalue weighted by atomic mass is 9.97. The number of carbonyl (C=O) groups excluding carboxylic acids is 1. The number of esters is 1. The standard InChI is InChI=1S/C18H22ClF3N2O3/c19-15-9-13(18(20,21)22)10-23-16(15)24-6-4-12(5-7-24)17(25)27-11-14-3-1-2-8-26-14/h9-10,12,14H,1-8,11H2. The second-order valence-corrected chi connectivity index (χ2v) is 7.31. The molecule has 0 aliphatic carbocycles. The van der Waals surface area contributed by atoms with Crippen molar-refractivity contribution in [1.29, 1.82) is 0 Å². The van der Waals surface area contributed by atoms with Crippen molar-refractivity contribution in [3.8, 4) is 0 Å². The maximum atomic E-state index is 12.7. The van der Waals surface area contributed by atoms with Gasteiger partial charge < -0.3 is 14.4 Å². The van der Waals surface area contributed by atoms with Crippen molar-refractivity contribution < 1.29 is 27.4 Å². The monoisotopic (exact) mass is 406 g/mol. The van der Waals surface area contributed by atoms with Gasteiger partial charge in [0.05, 0.1) is 22.6 Å². The van der Waals surface area contributed by atoms with E-state index < -0.39 is 11.7 Å². The molecule has 2 saturated heterocycles. The molecule has 1 aromatic rings. The minimum absolute atomic E-state index is 0.0158. The van der Waals surface area contributed by atoms with Gasteiger partial charge in [-0.25, -0.2) is 4.98 Å². The molecule has 150 valence electrons. The van der Waals surface area contributed by atoms with Crippen LogP contribution < -0.4 is 4.90 Å². The molecule has 0 radical (unpaired) electrons. The molecule has 0 N–H and O–H groups in total. The number of hydrogen-bond acceptors (Lipinski definition) is 5. The first-order valence-electron chi connectivity index (χ1n) is 9.10. The van der Waals surface area contributed by atoms with Crippen LogP contribution in [0.3, 0.4) is 0 Å². The van der Waals surface area contributed by atoms with Crippen molar-refractivity contribution in [2.75, 3.05) is 31.2 Å². The van der Waals surface area contributed by atoms with E-state index >= 15 is 0 Å². The quantitative estimate of drug-likeness (QED) is 0.705. The molecule has 9 heteroatoms. The molecule has 0 spiro atoms. The molecule has 2 aliphatic rings. The van der Waals surface area contributed by atoms with E-state index in [1.807, 2.05) is 0 Å². The molecule has 0 amide bonds. The van der Waals surface area contributed by atoms with Crippen LogP contribution in [0, 0.1) is 5.92 Å². The van der Waals surface area contributed by atoms with Gasteiger partial charge in [0.15, 0.2) is 0 Å². The number of carbonyl (C=O) groups is 1. The number of nitrogens with zero attached hydrogens (tertiary/aromatic N) is 2. The number of aromatic nitrogens is 1. The van der Waals surface area contributed by atoms with Crippen LogP contribution in [0.1, 0.15) is 37.7 Å². The van der Waals surface area contributed by atoms with Gasteiger partial charge in [-0.3, -0.25) is 4.79 Å². The zero-order valence-electron chi connectivity index (χ0n) is 14.8. The molecule has 1 unspecified atom stereocenters. The number of halogens is 4. The summed E-state index contributed by atoms with van der Waals surface area (Å²) in [6, 6.07) is 0.883. The van der Waals surface area contributed by atoms with Gasteiger partial charge in [-0.15, -0.1) is 0 Å². The Morgan fingerprint density at radius 2 is 2.04 bits per heavy atom. The molecule has 3 heterocycles. The second kappa shape index (κ2) is 8.65. The highest BCUT2D eigenvalue weighted by Gasteiger charge is 2.33. The van der Waals surface area contributed by atoms with Crippen LogP contribution in [0.2, 0.25) is 5.02 Å². The van der Waals surface area contributed by atoms with E-state index in [2.05, 4.69) is 4.98 Å². The normalized spacial score (nSPS) is 21.9. The minimum atomic E-state index is -4.48. The summed E-state index contributed by atoms with van der Waals surface area (Å²) in [5, 5.41) is -0.0414. The third kappa shape index (κ3) is 5.25. The third-order valence-electron chi connectivity index (χ3n) is 4.96. The summed E-state index contributed by atoms with van der Waals surface area (Å²) in [7, 11) is 0. The molecule has 0 saturated carbocycles. The SMILES string of the molecule is O=C(OCC1CCCCO1)C1CCN(c2ncc(C(F)(F)F)cc2Cl)CC1. The summed E-state index contributed by atoms with van der Waals surface area (Å²) in [6.45, 7) is 1.96. The Labute approximate surface area is 160 Å². The molecule has 1 aromatic heterocycles. The van der Waals surface area contributed by atoms with E-state index in [0.29, 0.717) is 38.4 Å². The molecular weight excluding hydrogens is 385 g/mol. The Morgan fingerprint density at radius 3 is 2.63 bits per heavy atom. The Kier molecular flexibility index (Phi) is 6.47. The summed E-state index contributed by atoms with van der Waals surface area (Å²) < 4.78 is 49.1. The predicted molar refractivity (Wildman–Crippen MR) is 93.7 cm³/mol. The van der Waals surface area contributed by atoms with Gasteiger partial charge in [-0.1, -0.05) is 11.6 Å².